The highest BCUT2D eigenvalue weighted by atomic mass is 127. The van der Waals surface area contributed by atoms with Gasteiger partial charge in [-0.05, 0) is 38.5 Å². The second-order valence-electron chi connectivity index (χ2n) is 6.45. The summed E-state index contributed by atoms with van der Waals surface area (Å²) in [4.78, 5) is 4.69. The molecule has 0 unspecified atom stereocenters. The molecule has 0 aliphatic heterocycles. The highest BCUT2D eigenvalue weighted by Crippen LogP contribution is 2.39. The van der Waals surface area contributed by atoms with Crippen molar-refractivity contribution in [3.05, 3.63) is 0 Å². The van der Waals surface area contributed by atoms with Gasteiger partial charge in [0.05, 0.1) is 5.75 Å². The molecule has 0 aromatic heterocycles. The molecule has 1 fully saturated rings. The SMILES string of the molecule is CCNC(=NCC1(CCO)CCCCC1)NCCNS(=O)(=O)CC.I. The number of halogens is 1. The zero-order valence-corrected chi connectivity index (χ0v) is 18.7. The van der Waals surface area contributed by atoms with Crippen LogP contribution in [-0.2, 0) is 10.0 Å². The molecule has 0 aromatic carbocycles. The first-order valence-corrected chi connectivity index (χ1v) is 10.7. The van der Waals surface area contributed by atoms with Crippen molar-refractivity contribution in [2.75, 3.05) is 38.5 Å². The van der Waals surface area contributed by atoms with Crippen molar-refractivity contribution in [3.63, 3.8) is 0 Å². The molecule has 7 nitrogen and oxygen atoms in total. The van der Waals surface area contributed by atoms with Crippen LogP contribution in [0, 0.1) is 5.41 Å². The fourth-order valence-electron chi connectivity index (χ4n) is 3.10. The Morgan fingerprint density at radius 2 is 1.80 bits per heavy atom. The van der Waals surface area contributed by atoms with Crippen LogP contribution in [0.3, 0.4) is 0 Å². The van der Waals surface area contributed by atoms with Crippen LogP contribution in [0.4, 0.5) is 0 Å². The molecule has 0 amide bonds. The molecule has 1 rings (SSSR count). The van der Waals surface area contributed by atoms with Crippen molar-refractivity contribution in [2.45, 2.75) is 52.4 Å². The summed E-state index contributed by atoms with van der Waals surface area (Å²) in [5.41, 5.74) is 0.110. The largest absolute Gasteiger partial charge is 0.396 e. The third-order valence-corrected chi connectivity index (χ3v) is 6.00. The quantitative estimate of drug-likeness (QED) is 0.161. The van der Waals surface area contributed by atoms with Crippen LogP contribution < -0.4 is 15.4 Å². The molecule has 0 radical (unpaired) electrons. The van der Waals surface area contributed by atoms with E-state index in [4.69, 9.17) is 0 Å². The summed E-state index contributed by atoms with van der Waals surface area (Å²) in [6.45, 7) is 6.09. The minimum atomic E-state index is -3.15. The first-order chi connectivity index (χ1) is 11.5. The normalized spacial score (nSPS) is 17.6. The molecule has 0 bridgehead atoms. The van der Waals surface area contributed by atoms with E-state index in [9.17, 15) is 13.5 Å². The predicted octanol–water partition coefficient (Wildman–Crippen LogP) is 1.43. The van der Waals surface area contributed by atoms with Crippen molar-refractivity contribution in [3.8, 4) is 0 Å². The smallest absolute Gasteiger partial charge is 0.211 e. The molecule has 0 atom stereocenters. The molecule has 4 N–H and O–H groups in total. The van der Waals surface area contributed by atoms with Gasteiger partial charge in [0.25, 0.3) is 0 Å². The number of hydrogen-bond donors (Lipinski definition) is 4. The van der Waals surface area contributed by atoms with Crippen molar-refractivity contribution in [1.82, 2.24) is 15.4 Å². The van der Waals surface area contributed by atoms with E-state index in [0.717, 1.165) is 25.8 Å². The summed E-state index contributed by atoms with van der Waals surface area (Å²) >= 11 is 0. The monoisotopic (exact) mass is 490 g/mol. The molecule has 150 valence electrons. The van der Waals surface area contributed by atoms with Crippen molar-refractivity contribution >= 4 is 40.0 Å². The molecule has 1 aliphatic carbocycles. The van der Waals surface area contributed by atoms with Gasteiger partial charge in [0.15, 0.2) is 5.96 Å². The number of aliphatic hydroxyl groups excluding tert-OH is 1. The summed E-state index contributed by atoms with van der Waals surface area (Å²) < 4.78 is 25.3. The maximum atomic E-state index is 11.4. The van der Waals surface area contributed by atoms with Gasteiger partial charge in [-0.25, -0.2) is 13.1 Å². The fraction of sp³-hybridized carbons (Fsp3) is 0.938. The van der Waals surface area contributed by atoms with Crippen LogP contribution in [0.25, 0.3) is 0 Å². The Kier molecular flexibility index (Phi) is 13.0. The average molecular weight is 490 g/mol. The van der Waals surface area contributed by atoms with Gasteiger partial charge < -0.3 is 15.7 Å². The van der Waals surface area contributed by atoms with E-state index < -0.39 is 10.0 Å². The number of aliphatic hydroxyl groups is 1. The second kappa shape index (κ2) is 13.1. The Labute approximate surface area is 169 Å². The zero-order valence-electron chi connectivity index (χ0n) is 15.5. The van der Waals surface area contributed by atoms with E-state index in [1.807, 2.05) is 6.92 Å². The molecule has 0 saturated heterocycles. The number of sulfonamides is 1. The van der Waals surface area contributed by atoms with E-state index in [2.05, 4.69) is 20.3 Å². The number of hydrogen-bond acceptors (Lipinski definition) is 4. The zero-order chi connectivity index (χ0) is 17.9. The number of rotatable bonds is 10. The van der Waals surface area contributed by atoms with Gasteiger partial charge in [-0.2, -0.15) is 0 Å². The third-order valence-electron chi connectivity index (χ3n) is 4.59. The molecule has 1 saturated carbocycles. The number of nitrogens with zero attached hydrogens (tertiary/aromatic N) is 1. The summed E-state index contributed by atoms with van der Waals surface area (Å²) in [6.07, 6.45) is 6.72. The van der Waals surface area contributed by atoms with Crippen molar-refractivity contribution in [2.24, 2.45) is 10.4 Å². The highest BCUT2D eigenvalue weighted by Gasteiger charge is 2.31. The Hall–Kier alpha value is -0.130. The van der Waals surface area contributed by atoms with Crippen molar-refractivity contribution < 1.29 is 13.5 Å². The molecule has 0 heterocycles. The first kappa shape index (κ1) is 24.9. The summed E-state index contributed by atoms with van der Waals surface area (Å²) in [6, 6.07) is 0. The molecule has 25 heavy (non-hydrogen) atoms. The summed E-state index contributed by atoms with van der Waals surface area (Å²) in [5, 5.41) is 15.7. The fourth-order valence-corrected chi connectivity index (χ4v) is 3.72. The van der Waals surface area contributed by atoms with Crippen LogP contribution in [0.2, 0.25) is 0 Å². The number of nitrogens with one attached hydrogen (secondary N) is 3. The van der Waals surface area contributed by atoms with E-state index >= 15 is 0 Å². The van der Waals surface area contributed by atoms with E-state index in [1.54, 1.807) is 6.92 Å². The number of aliphatic imine (C=N–C) groups is 1. The average Bonchev–Trinajstić information content (AvgIpc) is 2.57. The van der Waals surface area contributed by atoms with E-state index in [-0.39, 0.29) is 41.8 Å². The number of guanidine groups is 1. The molecule has 9 heteroatoms. The Bertz CT molecular complexity index is 474. The van der Waals surface area contributed by atoms with Gasteiger partial charge in [0, 0.05) is 32.8 Å². The van der Waals surface area contributed by atoms with Crippen LogP contribution in [0.1, 0.15) is 52.4 Å². The second-order valence-corrected chi connectivity index (χ2v) is 8.55. The van der Waals surface area contributed by atoms with Gasteiger partial charge in [0.2, 0.25) is 10.0 Å². The van der Waals surface area contributed by atoms with Gasteiger partial charge in [-0.15, -0.1) is 24.0 Å². The molecule has 1 aliphatic rings. The van der Waals surface area contributed by atoms with E-state index in [1.165, 1.54) is 19.3 Å². The third kappa shape index (κ3) is 9.95. The highest BCUT2D eigenvalue weighted by molar-refractivity contribution is 14.0. The maximum Gasteiger partial charge on any atom is 0.211 e. The summed E-state index contributed by atoms with van der Waals surface area (Å²) in [7, 11) is -3.15. The molecule has 0 aromatic rings. The molecular formula is C16H35IN4O3S. The lowest BCUT2D eigenvalue weighted by Gasteiger charge is -2.35. The lowest BCUT2D eigenvalue weighted by Crippen LogP contribution is -2.42. The van der Waals surface area contributed by atoms with Crippen LogP contribution in [0.5, 0.6) is 0 Å². The van der Waals surface area contributed by atoms with Crippen molar-refractivity contribution in [1.29, 1.82) is 0 Å². The minimum absolute atomic E-state index is 0. The maximum absolute atomic E-state index is 11.4. The molecular weight excluding hydrogens is 455 g/mol. The van der Waals surface area contributed by atoms with Gasteiger partial charge in [0.1, 0.15) is 0 Å². The van der Waals surface area contributed by atoms with Gasteiger partial charge >= 0.3 is 0 Å². The first-order valence-electron chi connectivity index (χ1n) is 9.07. The standard InChI is InChI=1S/C16H34N4O3S.HI/c1-3-17-15(18-11-12-20-24(22,23)4-2)19-14-16(10-13-21)8-6-5-7-9-16;/h20-21H,3-14H2,1-2H3,(H2,17,18,19);1H. The predicted molar refractivity (Wildman–Crippen MR) is 114 cm³/mol. The lowest BCUT2D eigenvalue weighted by atomic mass is 9.72. The lowest BCUT2D eigenvalue weighted by molar-refractivity contribution is 0.137. The van der Waals surface area contributed by atoms with Crippen LogP contribution in [0.15, 0.2) is 4.99 Å². The topological polar surface area (TPSA) is 103 Å². The Morgan fingerprint density at radius 3 is 2.36 bits per heavy atom. The van der Waals surface area contributed by atoms with Crippen LogP contribution in [-0.4, -0.2) is 58.0 Å². The van der Waals surface area contributed by atoms with Crippen LogP contribution >= 0.6 is 24.0 Å². The Balaban J connectivity index is 0.00000576. The summed E-state index contributed by atoms with van der Waals surface area (Å²) in [5.74, 6) is 0.793. The molecule has 0 spiro atoms. The van der Waals surface area contributed by atoms with Gasteiger partial charge in [-0.1, -0.05) is 19.3 Å². The van der Waals surface area contributed by atoms with E-state index in [0.29, 0.717) is 25.6 Å². The van der Waals surface area contributed by atoms with Gasteiger partial charge in [-0.3, -0.25) is 4.99 Å². The minimum Gasteiger partial charge on any atom is -0.396 e. The Morgan fingerprint density at radius 1 is 1.12 bits per heavy atom.